The maximum atomic E-state index is 12.6. The molecule has 6 heteroatoms. The highest BCUT2D eigenvalue weighted by Gasteiger charge is 2.19. The number of aromatic nitrogens is 2. The summed E-state index contributed by atoms with van der Waals surface area (Å²) >= 11 is 0. The number of hydrogen-bond donors (Lipinski definition) is 2. The average molecular weight is 340 g/mol. The molecule has 4 rings (SSSR count). The van der Waals surface area contributed by atoms with Gasteiger partial charge in [-0.2, -0.15) is 0 Å². The van der Waals surface area contributed by atoms with Crippen LogP contribution in [0.1, 0.15) is 18.5 Å². The molecule has 3 heterocycles. The molecule has 5 nitrogen and oxygen atoms in total. The molecule has 124 valence electrons. The summed E-state index contributed by atoms with van der Waals surface area (Å²) in [6.45, 7) is 2.30. The second-order valence-corrected chi connectivity index (χ2v) is 7.52. The van der Waals surface area contributed by atoms with Crippen molar-refractivity contribution in [2.24, 2.45) is 5.73 Å². The molecule has 1 unspecified atom stereocenters. The van der Waals surface area contributed by atoms with E-state index >= 15 is 0 Å². The summed E-state index contributed by atoms with van der Waals surface area (Å²) < 4.78 is 14.6. The van der Waals surface area contributed by atoms with Crippen molar-refractivity contribution in [1.82, 2.24) is 14.3 Å². The van der Waals surface area contributed by atoms with Crippen LogP contribution in [0.4, 0.5) is 0 Å². The first kappa shape index (κ1) is 15.5. The summed E-state index contributed by atoms with van der Waals surface area (Å²) in [6.07, 6.45) is 4.07. The summed E-state index contributed by atoms with van der Waals surface area (Å²) in [5, 5.41) is 1.06. The third-order valence-corrected chi connectivity index (χ3v) is 5.98. The number of aromatic amines is 1. The second-order valence-electron chi connectivity index (χ2n) is 6.03. The lowest BCUT2D eigenvalue weighted by Crippen LogP contribution is -2.21. The zero-order valence-electron chi connectivity index (χ0n) is 13.4. The largest absolute Gasteiger partial charge is 0.342 e. The van der Waals surface area contributed by atoms with Gasteiger partial charge in [0.25, 0.3) is 0 Å². The second kappa shape index (κ2) is 6.47. The fourth-order valence-electron chi connectivity index (χ4n) is 3.20. The Bertz CT molecular complexity index is 882. The highest BCUT2D eigenvalue weighted by molar-refractivity contribution is 7.82. The molecular formula is C18H20N4OS. The Labute approximate surface area is 143 Å². The van der Waals surface area contributed by atoms with Crippen molar-refractivity contribution < 1.29 is 4.21 Å². The lowest BCUT2D eigenvalue weighted by molar-refractivity contribution is 0.536. The third kappa shape index (κ3) is 2.77. The van der Waals surface area contributed by atoms with Gasteiger partial charge in [0.15, 0.2) is 0 Å². The van der Waals surface area contributed by atoms with Crippen molar-refractivity contribution in [2.75, 3.05) is 13.1 Å². The van der Waals surface area contributed by atoms with E-state index in [0.717, 1.165) is 58.7 Å². The molecule has 1 atom stereocenters. The van der Waals surface area contributed by atoms with Gasteiger partial charge in [0.05, 0.1) is 4.90 Å². The molecule has 0 radical (unpaired) electrons. The summed E-state index contributed by atoms with van der Waals surface area (Å²) in [4.78, 5) is 8.46. The number of benzene rings is 1. The van der Waals surface area contributed by atoms with E-state index in [2.05, 4.69) is 9.97 Å². The monoisotopic (exact) mass is 340 g/mol. The van der Waals surface area contributed by atoms with Crippen LogP contribution in [0, 0.1) is 0 Å². The first-order valence-corrected chi connectivity index (χ1v) is 9.31. The van der Waals surface area contributed by atoms with Crippen LogP contribution in [0.15, 0.2) is 47.5 Å². The SMILES string of the molecule is NCc1cc2c(-c3ccc(S(=O)N4CCCC4)cc3)ccnc2[nH]1. The van der Waals surface area contributed by atoms with Crippen LogP contribution < -0.4 is 5.73 Å². The van der Waals surface area contributed by atoms with Crippen LogP contribution in [-0.2, 0) is 17.5 Å². The maximum Gasteiger partial charge on any atom is 0.138 e. The van der Waals surface area contributed by atoms with Crippen molar-refractivity contribution in [1.29, 1.82) is 0 Å². The van der Waals surface area contributed by atoms with Crippen LogP contribution in [0.2, 0.25) is 0 Å². The predicted molar refractivity (Wildman–Crippen MR) is 96.6 cm³/mol. The Kier molecular flexibility index (Phi) is 4.18. The number of pyridine rings is 1. The van der Waals surface area contributed by atoms with Crippen molar-refractivity contribution in [3.8, 4) is 11.1 Å². The molecule has 24 heavy (non-hydrogen) atoms. The zero-order chi connectivity index (χ0) is 16.5. The predicted octanol–water partition coefficient (Wildman–Crippen LogP) is 2.81. The minimum absolute atomic E-state index is 0.462. The smallest absolute Gasteiger partial charge is 0.138 e. The molecule has 0 spiro atoms. The summed E-state index contributed by atoms with van der Waals surface area (Å²) in [5.74, 6) is 0. The van der Waals surface area contributed by atoms with Gasteiger partial charge < -0.3 is 10.7 Å². The van der Waals surface area contributed by atoms with E-state index in [1.54, 1.807) is 6.20 Å². The molecule has 3 N–H and O–H groups in total. The number of nitrogens with one attached hydrogen (secondary N) is 1. The number of nitrogens with two attached hydrogens (primary N) is 1. The first-order chi connectivity index (χ1) is 11.8. The Morgan fingerprint density at radius 2 is 1.92 bits per heavy atom. The fourth-order valence-corrected chi connectivity index (χ4v) is 4.45. The highest BCUT2D eigenvalue weighted by atomic mass is 32.2. The van der Waals surface area contributed by atoms with Crippen LogP contribution >= 0.6 is 0 Å². The topological polar surface area (TPSA) is 75.0 Å². The molecule has 1 aliphatic rings. The average Bonchev–Trinajstić information content (AvgIpc) is 3.30. The van der Waals surface area contributed by atoms with Gasteiger partial charge in [0, 0.05) is 36.9 Å². The fraction of sp³-hybridized carbons (Fsp3) is 0.278. The molecule has 0 amide bonds. The quantitative estimate of drug-likeness (QED) is 0.767. The van der Waals surface area contributed by atoms with Crippen LogP contribution in [-0.4, -0.2) is 31.6 Å². The number of H-pyrrole nitrogens is 1. The van der Waals surface area contributed by atoms with Gasteiger partial charge in [-0.25, -0.2) is 13.5 Å². The van der Waals surface area contributed by atoms with Gasteiger partial charge in [0.2, 0.25) is 0 Å². The lowest BCUT2D eigenvalue weighted by atomic mass is 10.0. The summed E-state index contributed by atoms with van der Waals surface area (Å²) in [5.41, 5.74) is 9.73. The van der Waals surface area contributed by atoms with Crippen LogP contribution in [0.3, 0.4) is 0 Å². The van der Waals surface area contributed by atoms with Gasteiger partial charge in [-0.05, 0) is 48.2 Å². The van der Waals surface area contributed by atoms with Gasteiger partial charge in [0.1, 0.15) is 16.6 Å². The van der Waals surface area contributed by atoms with E-state index in [1.165, 1.54) is 0 Å². The molecular weight excluding hydrogens is 320 g/mol. The molecule has 2 aromatic heterocycles. The minimum Gasteiger partial charge on any atom is -0.342 e. The molecule has 1 aliphatic heterocycles. The number of fused-ring (bicyclic) bond motifs is 1. The van der Waals surface area contributed by atoms with E-state index < -0.39 is 11.0 Å². The standard InChI is InChI=1S/C18H20N4OS/c19-12-14-11-17-16(7-8-20-18(17)21-14)13-3-5-15(6-4-13)24(23)22-9-1-2-10-22/h3-8,11H,1-2,9-10,12,19H2,(H,20,21). The molecule has 0 saturated carbocycles. The van der Waals surface area contributed by atoms with Crippen molar-refractivity contribution >= 4 is 22.0 Å². The Morgan fingerprint density at radius 1 is 1.17 bits per heavy atom. The minimum atomic E-state index is -1.05. The molecule has 1 aromatic carbocycles. The first-order valence-electron chi connectivity index (χ1n) is 8.20. The molecule has 0 aliphatic carbocycles. The van der Waals surface area contributed by atoms with E-state index in [0.29, 0.717) is 6.54 Å². The van der Waals surface area contributed by atoms with Gasteiger partial charge in [-0.3, -0.25) is 0 Å². The van der Waals surface area contributed by atoms with E-state index in [-0.39, 0.29) is 0 Å². The zero-order valence-corrected chi connectivity index (χ0v) is 14.2. The Morgan fingerprint density at radius 3 is 2.62 bits per heavy atom. The Balaban J connectivity index is 1.67. The van der Waals surface area contributed by atoms with Crippen molar-refractivity contribution in [3.05, 3.63) is 48.3 Å². The normalized spacial score (nSPS) is 16.7. The molecule has 1 saturated heterocycles. The van der Waals surface area contributed by atoms with Crippen molar-refractivity contribution in [3.63, 3.8) is 0 Å². The molecule has 3 aromatic rings. The number of nitrogens with zero attached hydrogens (tertiary/aromatic N) is 2. The third-order valence-electron chi connectivity index (χ3n) is 4.47. The highest BCUT2D eigenvalue weighted by Crippen LogP contribution is 2.29. The van der Waals surface area contributed by atoms with E-state index in [4.69, 9.17) is 5.73 Å². The lowest BCUT2D eigenvalue weighted by Gasteiger charge is -2.14. The number of hydrogen-bond acceptors (Lipinski definition) is 3. The van der Waals surface area contributed by atoms with Crippen molar-refractivity contribution in [2.45, 2.75) is 24.3 Å². The molecule has 1 fully saturated rings. The van der Waals surface area contributed by atoms with Gasteiger partial charge in [-0.15, -0.1) is 0 Å². The Hall–Kier alpha value is -2.02. The number of rotatable bonds is 4. The van der Waals surface area contributed by atoms with Gasteiger partial charge in [-0.1, -0.05) is 12.1 Å². The summed E-state index contributed by atoms with van der Waals surface area (Å²) in [6, 6.07) is 12.1. The van der Waals surface area contributed by atoms with E-state index in [1.807, 2.05) is 40.7 Å². The maximum absolute atomic E-state index is 12.6. The van der Waals surface area contributed by atoms with Gasteiger partial charge >= 0.3 is 0 Å². The summed E-state index contributed by atoms with van der Waals surface area (Å²) in [7, 11) is -1.05. The van der Waals surface area contributed by atoms with Crippen LogP contribution in [0.5, 0.6) is 0 Å². The van der Waals surface area contributed by atoms with Crippen LogP contribution in [0.25, 0.3) is 22.2 Å². The van der Waals surface area contributed by atoms with E-state index in [9.17, 15) is 4.21 Å². The molecule has 0 bridgehead atoms.